The molecule has 2 aromatic rings. The molecule has 4 nitrogen and oxygen atoms in total. The van der Waals surface area contributed by atoms with Gasteiger partial charge in [-0.15, -0.1) is 0 Å². The zero-order chi connectivity index (χ0) is 14.1. The van der Waals surface area contributed by atoms with Crippen molar-refractivity contribution in [3.05, 3.63) is 41.2 Å². The fraction of sp³-hybridized carbons (Fsp3) is 0.375. The minimum atomic E-state index is 0.240. The number of phenolic OH excluding ortho intramolecular Hbond substituents is 1. The Bertz CT molecular complexity index is 640. The van der Waals surface area contributed by atoms with Crippen molar-refractivity contribution in [1.29, 1.82) is 0 Å². The summed E-state index contributed by atoms with van der Waals surface area (Å²) < 4.78 is 0. The Morgan fingerprint density at radius 2 is 2.20 bits per heavy atom. The number of rotatable bonds is 2. The van der Waals surface area contributed by atoms with Gasteiger partial charge in [0.1, 0.15) is 5.75 Å². The third kappa shape index (κ3) is 2.39. The van der Waals surface area contributed by atoms with Crippen LogP contribution < -0.4 is 5.73 Å². The summed E-state index contributed by atoms with van der Waals surface area (Å²) in [4.78, 5) is 9.29. The molecule has 1 aliphatic carbocycles. The summed E-state index contributed by atoms with van der Waals surface area (Å²) in [5, 5.41) is 9.58. The van der Waals surface area contributed by atoms with Crippen molar-refractivity contribution >= 4 is 0 Å². The van der Waals surface area contributed by atoms with Gasteiger partial charge in [-0.2, -0.15) is 0 Å². The molecule has 0 saturated heterocycles. The van der Waals surface area contributed by atoms with Crippen LogP contribution in [0.15, 0.2) is 24.3 Å². The molecule has 1 aromatic heterocycles. The topological polar surface area (TPSA) is 72.0 Å². The lowest BCUT2D eigenvalue weighted by molar-refractivity contribution is 0.460. The molecule has 3 N–H and O–H groups in total. The van der Waals surface area contributed by atoms with Crippen molar-refractivity contribution in [3.8, 4) is 17.1 Å². The highest BCUT2D eigenvalue weighted by Crippen LogP contribution is 2.28. The molecule has 1 atom stereocenters. The Labute approximate surface area is 118 Å². The van der Waals surface area contributed by atoms with E-state index in [2.05, 4.69) is 4.98 Å². The minimum Gasteiger partial charge on any atom is -0.508 e. The second-order valence-corrected chi connectivity index (χ2v) is 5.45. The first kappa shape index (κ1) is 13.1. The summed E-state index contributed by atoms with van der Waals surface area (Å²) in [5.74, 6) is 1.49. The Balaban J connectivity index is 2.02. The molecule has 104 valence electrons. The second kappa shape index (κ2) is 5.21. The van der Waals surface area contributed by atoms with Gasteiger partial charge in [0.05, 0.1) is 0 Å². The van der Waals surface area contributed by atoms with E-state index in [1.54, 1.807) is 12.1 Å². The maximum atomic E-state index is 9.58. The molecule has 3 rings (SSSR count). The number of aromatic nitrogens is 2. The molecule has 1 aliphatic rings. The molecule has 0 aliphatic heterocycles. The van der Waals surface area contributed by atoms with Gasteiger partial charge in [0, 0.05) is 17.0 Å². The Kier molecular flexibility index (Phi) is 3.40. The van der Waals surface area contributed by atoms with Gasteiger partial charge in [-0.05, 0) is 56.3 Å². The van der Waals surface area contributed by atoms with Gasteiger partial charge in [0.15, 0.2) is 5.82 Å². The highest BCUT2D eigenvalue weighted by atomic mass is 16.3. The number of phenols is 1. The Hall–Kier alpha value is -1.94. The van der Waals surface area contributed by atoms with Gasteiger partial charge in [-0.3, -0.25) is 0 Å². The Morgan fingerprint density at radius 1 is 1.35 bits per heavy atom. The smallest absolute Gasteiger partial charge is 0.159 e. The zero-order valence-electron chi connectivity index (χ0n) is 11.6. The van der Waals surface area contributed by atoms with Crippen LogP contribution in [-0.4, -0.2) is 21.6 Å². The molecular weight excluding hydrogens is 250 g/mol. The van der Waals surface area contributed by atoms with E-state index in [-0.39, 0.29) is 5.75 Å². The summed E-state index contributed by atoms with van der Waals surface area (Å²) in [6, 6.07) is 7.09. The molecule has 1 unspecified atom stereocenters. The number of hydrogen-bond donors (Lipinski definition) is 2. The van der Waals surface area contributed by atoms with Gasteiger partial charge in [0.2, 0.25) is 0 Å². The molecule has 0 fully saturated rings. The fourth-order valence-electron chi connectivity index (χ4n) is 2.83. The van der Waals surface area contributed by atoms with Crippen LogP contribution in [0, 0.1) is 12.8 Å². The molecule has 0 amide bonds. The Morgan fingerprint density at radius 3 is 2.95 bits per heavy atom. The largest absolute Gasteiger partial charge is 0.508 e. The van der Waals surface area contributed by atoms with Crippen molar-refractivity contribution < 1.29 is 5.11 Å². The van der Waals surface area contributed by atoms with Crippen molar-refractivity contribution in [2.75, 3.05) is 6.54 Å². The first-order chi connectivity index (χ1) is 9.67. The lowest BCUT2D eigenvalue weighted by Gasteiger charge is -2.24. The van der Waals surface area contributed by atoms with E-state index in [4.69, 9.17) is 10.7 Å². The molecule has 1 aromatic carbocycles. The maximum absolute atomic E-state index is 9.58. The number of aryl methyl sites for hydroxylation is 2. The second-order valence-electron chi connectivity index (χ2n) is 5.45. The van der Waals surface area contributed by atoms with Crippen LogP contribution in [0.3, 0.4) is 0 Å². The van der Waals surface area contributed by atoms with Gasteiger partial charge < -0.3 is 10.8 Å². The average molecular weight is 269 g/mol. The van der Waals surface area contributed by atoms with Gasteiger partial charge in [-0.1, -0.05) is 12.1 Å². The molecule has 0 radical (unpaired) electrons. The highest BCUT2D eigenvalue weighted by Gasteiger charge is 2.22. The predicted octanol–water partition coefficient (Wildman–Crippen LogP) is 2.22. The normalized spacial score (nSPS) is 17.8. The molecular formula is C16H19N3O. The van der Waals surface area contributed by atoms with E-state index in [0.717, 1.165) is 42.8 Å². The first-order valence-electron chi connectivity index (χ1n) is 7.03. The van der Waals surface area contributed by atoms with Crippen LogP contribution in [0.25, 0.3) is 11.4 Å². The number of nitrogens with two attached hydrogens (primary N) is 1. The van der Waals surface area contributed by atoms with Crippen molar-refractivity contribution in [2.45, 2.75) is 26.2 Å². The van der Waals surface area contributed by atoms with Crippen LogP contribution in [0.1, 0.15) is 23.4 Å². The minimum absolute atomic E-state index is 0.240. The number of fused-ring (bicyclic) bond motifs is 1. The van der Waals surface area contributed by atoms with Crippen LogP contribution in [-0.2, 0) is 12.8 Å². The van der Waals surface area contributed by atoms with Crippen LogP contribution in [0.2, 0.25) is 0 Å². The molecule has 0 saturated carbocycles. The summed E-state index contributed by atoms with van der Waals surface area (Å²) in [6.45, 7) is 2.76. The number of hydrogen-bond acceptors (Lipinski definition) is 4. The van der Waals surface area contributed by atoms with Crippen LogP contribution in [0.4, 0.5) is 0 Å². The monoisotopic (exact) mass is 269 g/mol. The maximum Gasteiger partial charge on any atom is 0.159 e. The summed E-state index contributed by atoms with van der Waals surface area (Å²) >= 11 is 0. The van der Waals surface area contributed by atoms with Crippen molar-refractivity contribution in [2.24, 2.45) is 11.7 Å². The molecule has 0 spiro atoms. The SMILES string of the molecule is Cc1nc(-c2cccc(O)c2)nc2c1CC(CN)CC2. The van der Waals surface area contributed by atoms with E-state index in [9.17, 15) is 5.11 Å². The van der Waals surface area contributed by atoms with Gasteiger partial charge >= 0.3 is 0 Å². The van der Waals surface area contributed by atoms with E-state index in [1.807, 2.05) is 19.1 Å². The molecule has 0 bridgehead atoms. The third-order valence-corrected chi connectivity index (χ3v) is 4.02. The van der Waals surface area contributed by atoms with E-state index < -0.39 is 0 Å². The van der Waals surface area contributed by atoms with Crippen LogP contribution >= 0.6 is 0 Å². The summed E-state index contributed by atoms with van der Waals surface area (Å²) in [6.07, 6.45) is 3.05. The number of benzene rings is 1. The third-order valence-electron chi connectivity index (χ3n) is 4.02. The van der Waals surface area contributed by atoms with E-state index >= 15 is 0 Å². The van der Waals surface area contributed by atoms with Gasteiger partial charge in [-0.25, -0.2) is 9.97 Å². The van der Waals surface area contributed by atoms with E-state index in [1.165, 1.54) is 5.56 Å². The lowest BCUT2D eigenvalue weighted by atomic mass is 9.86. The zero-order valence-corrected chi connectivity index (χ0v) is 11.6. The highest BCUT2D eigenvalue weighted by molar-refractivity contribution is 5.58. The van der Waals surface area contributed by atoms with Gasteiger partial charge in [0.25, 0.3) is 0 Å². The molecule has 1 heterocycles. The van der Waals surface area contributed by atoms with Crippen molar-refractivity contribution in [3.63, 3.8) is 0 Å². The van der Waals surface area contributed by atoms with Crippen molar-refractivity contribution in [1.82, 2.24) is 9.97 Å². The number of aromatic hydroxyl groups is 1. The fourth-order valence-corrected chi connectivity index (χ4v) is 2.83. The predicted molar refractivity (Wildman–Crippen MR) is 78.4 cm³/mol. The molecule has 20 heavy (non-hydrogen) atoms. The standard InChI is InChI=1S/C16H19N3O/c1-10-14-7-11(9-17)5-6-15(14)19-16(18-10)12-3-2-4-13(20)8-12/h2-4,8,11,20H,5-7,9,17H2,1H3. The number of nitrogens with zero attached hydrogens (tertiary/aromatic N) is 2. The van der Waals surface area contributed by atoms with Crippen LogP contribution in [0.5, 0.6) is 5.75 Å². The molecule has 4 heteroatoms. The van der Waals surface area contributed by atoms with E-state index in [0.29, 0.717) is 11.7 Å². The quantitative estimate of drug-likeness (QED) is 0.877. The summed E-state index contributed by atoms with van der Waals surface area (Å²) in [5.41, 5.74) is 10.1. The lowest BCUT2D eigenvalue weighted by Crippen LogP contribution is -2.24. The summed E-state index contributed by atoms with van der Waals surface area (Å²) in [7, 11) is 0. The average Bonchev–Trinajstić information content (AvgIpc) is 2.47. The first-order valence-corrected chi connectivity index (χ1v) is 7.03.